The third-order valence-electron chi connectivity index (χ3n) is 3.68. The molecule has 0 amide bonds. The van der Waals surface area contributed by atoms with E-state index in [4.69, 9.17) is 9.47 Å². The highest BCUT2D eigenvalue weighted by Crippen LogP contribution is 2.30. The van der Waals surface area contributed by atoms with Gasteiger partial charge in [-0.1, -0.05) is 13.8 Å². The maximum Gasteiger partial charge on any atom is 0.313 e. The molecule has 0 aromatic carbocycles. The molecule has 0 heterocycles. The van der Waals surface area contributed by atoms with Gasteiger partial charge in [0.2, 0.25) is 0 Å². The molecule has 3 atom stereocenters. The summed E-state index contributed by atoms with van der Waals surface area (Å²) < 4.78 is 10.3. The lowest BCUT2D eigenvalue weighted by Crippen LogP contribution is -2.29. The molecule has 1 aliphatic rings. The Morgan fingerprint density at radius 3 is 2.50 bits per heavy atom. The number of carbonyl (C=O) groups is 2. The molecule has 1 aliphatic carbocycles. The van der Waals surface area contributed by atoms with Crippen LogP contribution in [0.1, 0.15) is 46.5 Å². The van der Waals surface area contributed by atoms with Crippen molar-refractivity contribution in [1.29, 1.82) is 0 Å². The summed E-state index contributed by atoms with van der Waals surface area (Å²) in [5.41, 5.74) is 0. The molecule has 1 saturated carbocycles. The first-order valence-corrected chi connectivity index (χ1v) is 6.81. The highest BCUT2D eigenvalue weighted by molar-refractivity contribution is 5.96. The molecule has 0 saturated heterocycles. The third kappa shape index (κ3) is 5.17. The molecule has 4 nitrogen and oxygen atoms in total. The Hall–Kier alpha value is -0.900. The van der Waals surface area contributed by atoms with E-state index in [0.29, 0.717) is 12.5 Å². The van der Waals surface area contributed by atoms with Crippen molar-refractivity contribution in [3.8, 4) is 0 Å². The first kappa shape index (κ1) is 15.2. The van der Waals surface area contributed by atoms with E-state index in [1.807, 2.05) is 0 Å². The van der Waals surface area contributed by atoms with Gasteiger partial charge in [0.25, 0.3) is 0 Å². The van der Waals surface area contributed by atoms with E-state index in [2.05, 4.69) is 13.8 Å². The van der Waals surface area contributed by atoms with Crippen LogP contribution in [0.2, 0.25) is 0 Å². The Labute approximate surface area is 109 Å². The molecule has 0 radical (unpaired) electrons. The van der Waals surface area contributed by atoms with Gasteiger partial charge in [-0.3, -0.25) is 9.59 Å². The lowest BCUT2D eigenvalue weighted by atomic mass is 9.80. The molecule has 0 bridgehead atoms. The summed E-state index contributed by atoms with van der Waals surface area (Å²) in [7, 11) is 0. The summed E-state index contributed by atoms with van der Waals surface area (Å²) >= 11 is 0. The van der Waals surface area contributed by atoms with Crippen LogP contribution in [0.15, 0.2) is 0 Å². The average molecular weight is 256 g/mol. The molecule has 3 unspecified atom stereocenters. The van der Waals surface area contributed by atoms with Crippen molar-refractivity contribution in [2.75, 3.05) is 13.2 Å². The Kier molecular flexibility index (Phi) is 6.33. The minimum Gasteiger partial charge on any atom is -0.466 e. The predicted molar refractivity (Wildman–Crippen MR) is 68.2 cm³/mol. The van der Waals surface area contributed by atoms with Crippen LogP contribution in [-0.4, -0.2) is 31.1 Å². The predicted octanol–water partition coefficient (Wildman–Crippen LogP) is 2.35. The molecular weight excluding hydrogens is 232 g/mol. The molecule has 18 heavy (non-hydrogen) atoms. The largest absolute Gasteiger partial charge is 0.466 e. The van der Waals surface area contributed by atoms with Crippen molar-refractivity contribution < 1.29 is 19.1 Å². The molecule has 0 aliphatic heterocycles. The van der Waals surface area contributed by atoms with Crippen LogP contribution in [0, 0.1) is 11.8 Å². The van der Waals surface area contributed by atoms with Crippen molar-refractivity contribution in [3.05, 3.63) is 0 Å². The van der Waals surface area contributed by atoms with Crippen LogP contribution >= 0.6 is 0 Å². The quantitative estimate of drug-likeness (QED) is 0.540. The summed E-state index contributed by atoms with van der Waals surface area (Å²) in [6.45, 7) is 6.55. The second-order valence-corrected chi connectivity index (χ2v) is 5.22. The highest BCUT2D eigenvalue weighted by Gasteiger charge is 2.25. The fraction of sp³-hybridized carbons (Fsp3) is 0.857. The van der Waals surface area contributed by atoms with Gasteiger partial charge in [-0.2, -0.15) is 0 Å². The van der Waals surface area contributed by atoms with Gasteiger partial charge in [0.1, 0.15) is 13.0 Å². The van der Waals surface area contributed by atoms with E-state index < -0.39 is 5.97 Å². The fourth-order valence-corrected chi connectivity index (χ4v) is 2.28. The molecule has 1 rings (SSSR count). The summed E-state index contributed by atoms with van der Waals surface area (Å²) in [6, 6.07) is 0. The summed E-state index contributed by atoms with van der Waals surface area (Å²) in [6.07, 6.45) is 3.17. The van der Waals surface area contributed by atoms with E-state index in [-0.39, 0.29) is 24.9 Å². The zero-order chi connectivity index (χ0) is 13.5. The number of rotatable bonds is 6. The Bertz CT molecular complexity index is 288. The third-order valence-corrected chi connectivity index (χ3v) is 3.68. The second kappa shape index (κ2) is 7.52. The monoisotopic (exact) mass is 256 g/mol. The Morgan fingerprint density at radius 2 is 1.89 bits per heavy atom. The maximum atomic E-state index is 11.5. The van der Waals surface area contributed by atoms with Gasteiger partial charge in [0, 0.05) is 0 Å². The summed E-state index contributed by atoms with van der Waals surface area (Å²) in [5, 5.41) is 0. The van der Waals surface area contributed by atoms with Gasteiger partial charge >= 0.3 is 5.97 Å². The highest BCUT2D eigenvalue weighted by atomic mass is 16.5. The van der Waals surface area contributed by atoms with Gasteiger partial charge < -0.3 is 9.47 Å². The van der Waals surface area contributed by atoms with Crippen LogP contribution in [0.25, 0.3) is 0 Å². The minimum absolute atomic E-state index is 0.0323. The Balaban J connectivity index is 2.20. The van der Waals surface area contributed by atoms with E-state index in [9.17, 15) is 9.59 Å². The van der Waals surface area contributed by atoms with Gasteiger partial charge in [0.05, 0.1) is 12.7 Å². The minimum atomic E-state index is -0.461. The van der Waals surface area contributed by atoms with E-state index in [0.717, 1.165) is 25.2 Å². The van der Waals surface area contributed by atoms with Crippen molar-refractivity contribution >= 4 is 11.8 Å². The van der Waals surface area contributed by atoms with Gasteiger partial charge in [-0.15, -0.1) is 0 Å². The van der Waals surface area contributed by atoms with Crippen molar-refractivity contribution in [2.45, 2.75) is 52.6 Å². The van der Waals surface area contributed by atoms with Crippen LogP contribution in [-0.2, 0) is 19.1 Å². The van der Waals surface area contributed by atoms with E-state index >= 15 is 0 Å². The number of ketones is 1. The zero-order valence-corrected chi connectivity index (χ0v) is 11.6. The maximum absolute atomic E-state index is 11.5. The SMILES string of the molecule is CCOC(=O)CC(=O)COC1CCC(C)C(C)C1. The van der Waals surface area contributed by atoms with Crippen LogP contribution in [0.5, 0.6) is 0 Å². The van der Waals surface area contributed by atoms with Crippen LogP contribution in [0.3, 0.4) is 0 Å². The number of esters is 1. The molecule has 0 aromatic heterocycles. The molecule has 104 valence electrons. The van der Waals surface area contributed by atoms with Crippen molar-refractivity contribution in [1.82, 2.24) is 0 Å². The zero-order valence-electron chi connectivity index (χ0n) is 11.6. The lowest BCUT2D eigenvalue weighted by Gasteiger charge is -2.31. The molecular formula is C14H24O4. The number of hydrogen-bond acceptors (Lipinski definition) is 4. The Morgan fingerprint density at radius 1 is 1.17 bits per heavy atom. The number of Topliss-reactive ketones (excluding diaryl/α,β-unsaturated/α-hetero) is 1. The number of ether oxygens (including phenoxy) is 2. The first-order chi connectivity index (χ1) is 8.52. The van der Waals surface area contributed by atoms with Crippen LogP contribution < -0.4 is 0 Å². The van der Waals surface area contributed by atoms with Gasteiger partial charge in [-0.25, -0.2) is 0 Å². The van der Waals surface area contributed by atoms with Crippen molar-refractivity contribution in [3.63, 3.8) is 0 Å². The van der Waals surface area contributed by atoms with Gasteiger partial charge in [0.15, 0.2) is 5.78 Å². The molecule has 0 N–H and O–H groups in total. The second-order valence-electron chi connectivity index (χ2n) is 5.22. The van der Waals surface area contributed by atoms with E-state index in [1.165, 1.54) is 0 Å². The molecule has 1 fully saturated rings. The normalized spacial score (nSPS) is 27.8. The molecule has 0 aromatic rings. The van der Waals surface area contributed by atoms with Crippen molar-refractivity contribution in [2.24, 2.45) is 11.8 Å². The average Bonchev–Trinajstić information content (AvgIpc) is 2.31. The topological polar surface area (TPSA) is 52.6 Å². The lowest BCUT2D eigenvalue weighted by molar-refractivity contribution is -0.147. The van der Waals surface area contributed by atoms with E-state index in [1.54, 1.807) is 6.92 Å². The standard InChI is InChI=1S/C14H24O4/c1-4-17-14(16)8-12(15)9-18-13-6-5-10(2)11(3)7-13/h10-11,13H,4-9H2,1-3H3. The number of carbonyl (C=O) groups excluding carboxylic acids is 2. The van der Waals surface area contributed by atoms with Crippen LogP contribution in [0.4, 0.5) is 0 Å². The smallest absolute Gasteiger partial charge is 0.313 e. The fourth-order valence-electron chi connectivity index (χ4n) is 2.28. The molecule has 4 heteroatoms. The van der Waals surface area contributed by atoms with Gasteiger partial charge in [-0.05, 0) is 38.0 Å². The number of hydrogen-bond donors (Lipinski definition) is 0. The first-order valence-electron chi connectivity index (χ1n) is 6.81. The summed E-state index contributed by atoms with van der Waals surface area (Å²) in [4.78, 5) is 22.6. The summed E-state index contributed by atoms with van der Waals surface area (Å²) in [5.74, 6) is 0.723. The molecule has 0 spiro atoms.